The molecule has 0 aliphatic heterocycles. The summed E-state index contributed by atoms with van der Waals surface area (Å²) >= 11 is 6.20. The van der Waals surface area contributed by atoms with E-state index in [1.54, 1.807) is 6.20 Å². The Morgan fingerprint density at radius 3 is 2.94 bits per heavy atom. The second-order valence-electron chi connectivity index (χ2n) is 4.43. The monoisotopic (exact) mass is 266 g/mol. The fraction of sp³-hybridized carbons (Fsp3) is 0.533. The molecule has 1 aromatic rings. The zero-order valence-electron chi connectivity index (χ0n) is 11.2. The van der Waals surface area contributed by atoms with Crippen LogP contribution in [0.15, 0.2) is 31.1 Å². The van der Waals surface area contributed by atoms with Crippen molar-refractivity contribution >= 4 is 11.6 Å². The third-order valence-electron chi connectivity index (χ3n) is 3.03. The van der Waals surface area contributed by atoms with E-state index < -0.39 is 0 Å². The van der Waals surface area contributed by atoms with Crippen molar-refractivity contribution in [1.82, 2.24) is 10.3 Å². The van der Waals surface area contributed by atoms with Gasteiger partial charge in [-0.15, -0.1) is 6.58 Å². The second-order valence-corrected chi connectivity index (χ2v) is 4.84. The average molecular weight is 267 g/mol. The van der Waals surface area contributed by atoms with E-state index in [1.807, 2.05) is 18.3 Å². The average Bonchev–Trinajstić information content (AvgIpc) is 2.38. The van der Waals surface area contributed by atoms with Crippen molar-refractivity contribution in [3.8, 4) is 0 Å². The van der Waals surface area contributed by atoms with Crippen molar-refractivity contribution in [3.63, 3.8) is 0 Å². The molecule has 1 rings (SSSR count). The lowest BCUT2D eigenvalue weighted by Gasteiger charge is -2.19. The van der Waals surface area contributed by atoms with Crippen LogP contribution in [0.2, 0.25) is 5.02 Å². The van der Waals surface area contributed by atoms with Crippen LogP contribution in [0.1, 0.15) is 50.6 Å². The molecule has 0 aromatic carbocycles. The molecule has 1 N–H and O–H groups in total. The number of allylic oxidation sites excluding steroid dienone is 1. The predicted molar refractivity (Wildman–Crippen MR) is 78.9 cm³/mol. The second kappa shape index (κ2) is 9.12. The molecule has 0 saturated heterocycles. The maximum Gasteiger partial charge on any atom is 0.0637 e. The van der Waals surface area contributed by atoms with Crippen LogP contribution in [0.4, 0.5) is 0 Å². The van der Waals surface area contributed by atoms with Crippen LogP contribution in [-0.2, 0) is 0 Å². The van der Waals surface area contributed by atoms with Crippen molar-refractivity contribution in [1.29, 1.82) is 0 Å². The minimum atomic E-state index is 0.342. The van der Waals surface area contributed by atoms with Gasteiger partial charge in [0.2, 0.25) is 0 Å². The first-order chi connectivity index (χ1) is 8.79. The summed E-state index contributed by atoms with van der Waals surface area (Å²) in [5.41, 5.74) is 1.16. The first-order valence-corrected chi connectivity index (χ1v) is 7.11. The van der Waals surface area contributed by atoms with Crippen molar-refractivity contribution in [2.75, 3.05) is 6.54 Å². The SMILES string of the molecule is C=CCCCCCC(NCC)c1ccncc1Cl. The standard InChI is InChI=1S/C15H23ClN2/c1-3-5-6-7-8-9-15(18-4-2)13-10-11-17-12-14(13)16/h3,10-12,15,18H,1,4-9H2,2H3. The molecule has 3 heteroatoms. The molecule has 1 atom stereocenters. The number of nitrogens with zero attached hydrogens (tertiary/aromatic N) is 1. The van der Waals surface area contributed by atoms with E-state index >= 15 is 0 Å². The maximum absolute atomic E-state index is 6.20. The van der Waals surface area contributed by atoms with Gasteiger partial charge in [-0.25, -0.2) is 0 Å². The summed E-state index contributed by atoms with van der Waals surface area (Å²) < 4.78 is 0. The minimum absolute atomic E-state index is 0.342. The molecule has 0 spiro atoms. The summed E-state index contributed by atoms with van der Waals surface area (Å²) in [7, 11) is 0. The van der Waals surface area contributed by atoms with E-state index in [4.69, 9.17) is 11.6 Å². The summed E-state index contributed by atoms with van der Waals surface area (Å²) in [6.07, 6.45) is 11.4. The zero-order valence-corrected chi connectivity index (χ0v) is 11.9. The number of halogens is 1. The fourth-order valence-electron chi connectivity index (χ4n) is 2.10. The van der Waals surface area contributed by atoms with Gasteiger partial charge in [0.1, 0.15) is 0 Å². The van der Waals surface area contributed by atoms with Crippen molar-refractivity contribution in [2.24, 2.45) is 0 Å². The van der Waals surface area contributed by atoms with E-state index in [1.165, 1.54) is 19.3 Å². The number of rotatable bonds is 9. The molecule has 0 fully saturated rings. The van der Waals surface area contributed by atoms with E-state index in [2.05, 4.69) is 23.8 Å². The summed E-state index contributed by atoms with van der Waals surface area (Å²) in [6, 6.07) is 2.36. The molecule has 0 aliphatic carbocycles. The van der Waals surface area contributed by atoms with E-state index in [0.29, 0.717) is 6.04 Å². The number of unbranched alkanes of at least 4 members (excludes halogenated alkanes) is 3. The normalized spacial score (nSPS) is 12.3. The van der Waals surface area contributed by atoms with E-state index in [0.717, 1.165) is 30.0 Å². The largest absolute Gasteiger partial charge is 0.310 e. The molecular weight excluding hydrogens is 244 g/mol. The summed E-state index contributed by atoms with van der Waals surface area (Å²) in [5.74, 6) is 0. The van der Waals surface area contributed by atoms with Crippen LogP contribution >= 0.6 is 11.6 Å². The Labute approximate surface area is 115 Å². The third kappa shape index (κ3) is 5.19. The van der Waals surface area contributed by atoms with Gasteiger partial charge in [-0.1, -0.05) is 37.4 Å². The number of nitrogens with one attached hydrogen (secondary N) is 1. The molecule has 0 aliphatic rings. The zero-order chi connectivity index (χ0) is 13.2. The lowest BCUT2D eigenvalue weighted by Crippen LogP contribution is -2.21. The van der Waals surface area contributed by atoms with Crippen LogP contribution < -0.4 is 5.32 Å². The smallest absolute Gasteiger partial charge is 0.0637 e. The van der Waals surface area contributed by atoms with Crippen LogP contribution in [-0.4, -0.2) is 11.5 Å². The molecule has 1 heterocycles. The van der Waals surface area contributed by atoms with Crippen molar-refractivity contribution in [2.45, 2.75) is 45.1 Å². The summed E-state index contributed by atoms with van der Waals surface area (Å²) in [4.78, 5) is 4.04. The number of aromatic nitrogens is 1. The van der Waals surface area contributed by atoms with Gasteiger partial charge in [0.15, 0.2) is 0 Å². The lowest BCUT2D eigenvalue weighted by atomic mass is 10.0. The molecule has 100 valence electrons. The van der Waals surface area contributed by atoms with Gasteiger partial charge in [0.25, 0.3) is 0 Å². The van der Waals surface area contributed by atoms with Gasteiger partial charge in [-0.3, -0.25) is 4.98 Å². The minimum Gasteiger partial charge on any atom is -0.310 e. The Morgan fingerprint density at radius 2 is 2.28 bits per heavy atom. The molecule has 18 heavy (non-hydrogen) atoms. The van der Waals surface area contributed by atoms with Crippen molar-refractivity contribution in [3.05, 3.63) is 41.7 Å². The molecule has 1 unspecified atom stereocenters. The lowest BCUT2D eigenvalue weighted by molar-refractivity contribution is 0.483. The van der Waals surface area contributed by atoms with Gasteiger partial charge in [-0.05, 0) is 37.4 Å². The molecular formula is C15H23ClN2. The predicted octanol–water partition coefficient (Wildman–Crippen LogP) is 4.52. The number of hydrogen-bond acceptors (Lipinski definition) is 2. The van der Waals surface area contributed by atoms with Gasteiger partial charge in [0, 0.05) is 18.4 Å². The highest BCUT2D eigenvalue weighted by Gasteiger charge is 2.12. The van der Waals surface area contributed by atoms with Crippen molar-refractivity contribution < 1.29 is 0 Å². The van der Waals surface area contributed by atoms with E-state index in [9.17, 15) is 0 Å². The van der Waals surface area contributed by atoms with Gasteiger partial charge in [0.05, 0.1) is 5.02 Å². The fourth-order valence-corrected chi connectivity index (χ4v) is 2.35. The quantitative estimate of drug-likeness (QED) is 0.525. The number of pyridine rings is 1. The highest BCUT2D eigenvalue weighted by Crippen LogP contribution is 2.26. The van der Waals surface area contributed by atoms with Gasteiger partial charge >= 0.3 is 0 Å². The van der Waals surface area contributed by atoms with Gasteiger partial charge < -0.3 is 5.32 Å². The van der Waals surface area contributed by atoms with Gasteiger partial charge in [-0.2, -0.15) is 0 Å². The van der Waals surface area contributed by atoms with Crippen LogP contribution in [0.5, 0.6) is 0 Å². The Hall–Kier alpha value is -0.860. The molecule has 0 saturated carbocycles. The molecule has 0 radical (unpaired) electrons. The highest BCUT2D eigenvalue weighted by molar-refractivity contribution is 6.31. The van der Waals surface area contributed by atoms with Crippen LogP contribution in [0.3, 0.4) is 0 Å². The first-order valence-electron chi connectivity index (χ1n) is 6.73. The number of hydrogen-bond donors (Lipinski definition) is 1. The maximum atomic E-state index is 6.20. The Kier molecular flexibility index (Phi) is 7.70. The summed E-state index contributed by atoms with van der Waals surface area (Å²) in [6.45, 7) is 6.82. The molecule has 0 bridgehead atoms. The van der Waals surface area contributed by atoms with E-state index in [-0.39, 0.29) is 0 Å². The first kappa shape index (κ1) is 15.2. The Balaban J connectivity index is 2.49. The van der Waals surface area contributed by atoms with Crippen LogP contribution in [0, 0.1) is 0 Å². The Morgan fingerprint density at radius 1 is 1.44 bits per heavy atom. The Bertz CT molecular complexity index is 352. The topological polar surface area (TPSA) is 24.9 Å². The third-order valence-corrected chi connectivity index (χ3v) is 3.35. The van der Waals surface area contributed by atoms with Crippen LogP contribution in [0.25, 0.3) is 0 Å². The molecule has 2 nitrogen and oxygen atoms in total. The summed E-state index contributed by atoms with van der Waals surface area (Å²) in [5, 5.41) is 4.26. The molecule has 0 amide bonds. The highest BCUT2D eigenvalue weighted by atomic mass is 35.5. The molecule has 1 aromatic heterocycles.